The molecule has 2 atom stereocenters. The number of halogens is 1. The molecule has 0 aliphatic rings. The first kappa shape index (κ1) is 15.8. The van der Waals surface area contributed by atoms with Crippen molar-refractivity contribution in [2.75, 3.05) is 6.61 Å². The number of aliphatic hydroxyl groups excluding tert-OH is 1. The van der Waals surface area contributed by atoms with Gasteiger partial charge in [-0.15, -0.1) is 0 Å². The van der Waals surface area contributed by atoms with E-state index in [-0.39, 0.29) is 24.4 Å². The van der Waals surface area contributed by atoms with E-state index in [2.05, 4.69) is 5.32 Å². The minimum Gasteiger partial charge on any atom is -0.508 e. The second-order valence-electron chi connectivity index (χ2n) is 5.16. The molecule has 0 bridgehead atoms. The Balaban J connectivity index is 2.29. The van der Waals surface area contributed by atoms with Crippen molar-refractivity contribution in [2.45, 2.75) is 25.4 Å². The number of phenolic OH excluding ortho intramolecular Hbond substituents is 1. The zero-order valence-electron chi connectivity index (χ0n) is 12.0. The number of rotatable bonds is 6. The fourth-order valence-electron chi connectivity index (χ4n) is 2.27. The van der Waals surface area contributed by atoms with Crippen LogP contribution in [0.5, 0.6) is 5.75 Å². The summed E-state index contributed by atoms with van der Waals surface area (Å²) in [5.41, 5.74) is 2.15. The van der Waals surface area contributed by atoms with Crippen LogP contribution < -0.4 is 5.32 Å². The van der Waals surface area contributed by atoms with Crippen LogP contribution in [-0.4, -0.2) is 22.9 Å². The maximum atomic E-state index is 9.44. The molecular formula is C17H20ClNO2. The smallest absolute Gasteiger partial charge is 0.115 e. The summed E-state index contributed by atoms with van der Waals surface area (Å²) < 4.78 is 0. The summed E-state index contributed by atoms with van der Waals surface area (Å²) in [5.74, 6) is 0.247. The summed E-state index contributed by atoms with van der Waals surface area (Å²) in [7, 11) is 0. The lowest BCUT2D eigenvalue weighted by molar-refractivity contribution is 0.266. The van der Waals surface area contributed by atoms with Crippen LogP contribution in [-0.2, 0) is 0 Å². The largest absolute Gasteiger partial charge is 0.508 e. The molecule has 0 aliphatic carbocycles. The Morgan fingerprint density at radius 2 is 1.52 bits per heavy atom. The number of hydrogen-bond donors (Lipinski definition) is 3. The van der Waals surface area contributed by atoms with Crippen LogP contribution in [0, 0.1) is 0 Å². The number of aliphatic hydroxyl groups is 1. The van der Waals surface area contributed by atoms with Crippen LogP contribution in [0.1, 0.15) is 30.5 Å². The predicted molar refractivity (Wildman–Crippen MR) is 85.7 cm³/mol. The summed E-state index contributed by atoms with van der Waals surface area (Å²) >= 11 is 5.95. The third kappa shape index (κ3) is 4.46. The Kier molecular flexibility index (Phi) is 5.62. The number of phenols is 1. The standard InChI is InChI=1S/C17H20ClNO2/c1-12(10-11-20)19-17(13-2-6-15(18)7-3-13)14-4-8-16(21)9-5-14/h2-9,12,17,19-21H,10-11H2,1H3. The first-order valence-electron chi connectivity index (χ1n) is 7.01. The lowest BCUT2D eigenvalue weighted by Gasteiger charge is -2.24. The van der Waals surface area contributed by atoms with Crippen molar-refractivity contribution in [3.63, 3.8) is 0 Å². The highest BCUT2D eigenvalue weighted by atomic mass is 35.5. The third-order valence-electron chi connectivity index (χ3n) is 3.44. The normalized spacial score (nSPS) is 13.9. The maximum absolute atomic E-state index is 9.44. The number of benzene rings is 2. The highest BCUT2D eigenvalue weighted by Gasteiger charge is 2.16. The van der Waals surface area contributed by atoms with E-state index in [1.165, 1.54) is 0 Å². The van der Waals surface area contributed by atoms with Gasteiger partial charge in [-0.25, -0.2) is 0 Å². The van der Waals surface area contributed by atoms with Crippen molar-refractivity contribution in [2.24, 2.45) is 0 Å². The van der Waals surface area contributed by atoms with Gasteiger partial charge in [0.25, 0.3) is 0 Å². The quantitative estimate of drug-likeness (QED) is 0.765. The fraction of sp³-hybridized carbons (Fsp3) is 0.294. The average molecular weight is 306 g/mol. The third-order valence-corrected chi connectivity index (χ3v) is 3.70. The summed E-state index contributed by atoms with van der Waals surface area (Å²) in [6.07, 6.45) is 0.683. The van der Waals surface area contributed by atoms with Gasteiger partial charge in [-0.3, -0.25) is 0 Å². The molecule has 3 nitrogen and oxygen atoms in total. The molecule has 0 fully saturated rings. The number of hydrogen-bond acceptors (Lipinski definition) is 3. The van der Waals surface area contributed by atoms with E-state index in [9.17, 15) is 5.11 Å². The molecule has 0 radical (unpaired) electrons. The molecule has 0 spiro atoms. The second kappa shape index (κ2) is 7.46. The highest BCUT2D eigenvalue weighted by Crippen LogP contribution is 2.25. The number of nitrogens with one attached hydrogen (secondary N) is 1. The van der Waals surface area contributed by atoms with Gasteiger partial charge in [0.15, 0.2) is 0 Å². The molecule has 2 aromatic rings. The van der Waals surface area contributed by atoms with Gasteiger partial charge in [0.1, 0.15) is 5.75 Å². The van der Waals surface area contributed by atoms with Crippen LogP contribution in [0.4, 0.5) is 0 Å². The first-order valence-corrected chi connectivity index (χ1v) is 7.39. The molecule has 0 heterocycles. The zero-order valence-corrected chi connectivity index (χ0v) is 12.7. The van der Waals surface area contributed by atoms with Crippen LogP contribution in [0.15, 0.2) is 48.5 Å². The average Bonchev–Trinajstić information content (AvgIpc) is 2.47. The van der Waals surface area contributed by atoms with Gasteiger partial charge in [0, 0.05) is 17.7 Å². The van der Waals surface area contributed by atoms with E-state index in [1.807, 2.05) is 43.3 Å². The van der Waals surface area contributed by atoms with Crippen molar-refractivity contribution in [1.29, 1.82) is 0 Å². The molecule has 21 heavy (non-hydrogen) atoms. The van der Waals surface area contributed by atoms with Crippen LogP contribution in [0.25, 0.3) is 0 Å². The Bertz CT molecular complexity index is 509. The monoisotopic (exact) mass is 305 g/mol. The van der Waals surface area contributed by atoms with Crippen molar-refractivity contribution >= 4 is 11.6 Å². The van der Waals surface area contributed by atoms with E-state index in [0.717, 1.165) is 11.1 Å². The molecule has 0 aromatic heterocycles. The summed E-state index contributed by atoms with van der Waals surface area (Å²) in [6.45, 7) is 2.19. The summed E-state index contributed by atoms with van der Waals surface area (Å²) in [4.78, 5) is 0. The molecule has 3 N–H and O–H groups in total. The summed E-state index contributed by atoms with van der Waals surface area (Å²) in [6, 6.07) is 15.0. The van der Waals surface area contributed by atoms with Crippen molar-refractivity contribution in [1.82, 2.24) is 5.32 Å². The van der Waals surface area contributed by atoms with Crippen LogP contribution in [0.3, 0.4) is 0 Å². The van der Waals surface area contributed by atoms with E-state index >= 15 is 0 Å². The van der Waals surface area contributed by atoms with E-state index < -0.39 is 0 Å². The summed E-state index contributed by atoms with van der Waals surface area (Å²) in [5, 5.41) is 22.7. The molecule has 2 rings (SSSR count). The van der Waals surface area contributed by atoms with Crippen LogP contribution >= 0.6 is 11.6 Å². The SMILES string of the molecule is CC(CCO)NC(c1ccc(O)cc1)c1ccc(Cl)cc1. The maximum Gasteiger partial charge on any atom is 0.115 e. The van der Waals surface area contributed by atoms with Crippen LogP contribution in [0.2, 0.25) is 5.02 Å². The van der Waals surface area contributed by atoms with Gasteiger partial charge in [0.05, 0.1) is 6.04 Å². The van der Waals surface area contributed by atoms with E-state index in [1.54, 1.807) is 12.1 Å². The van der Waals surface area contributed by atoms with Gasteiger partial charge in [-0.2, -0.15) is 0 Å². The van der Waals surface area contributed by atoms with Crippen molar-refractivity contribution in [3.8, 4) is 5.75 Å². The minimum atomic E-state index is -0.00980. The molecule has 4 heteroatoms. The van der Waals surface area contributed by atoms with Gasteiger partial charge in [0.2, 0.25) is 0 Å². The van der Waals surface area contributed by atoms with Crippen molar-refractivity contribution in [3.05, 3.63) is 64.7 Å². The Hall–Kier alpha value is -1.55. The van der Waals surface area contributed by atoms with E-state index in [4.69, 9.17) is 16.7 Å². The Labute approximate surface area is 130 Å². The molecule has 2 unspecified atom stereocenters. The molecule has 2 aromatic carbocycles. The number of aromatic hydroxyl groups is 1. The van der Waals surface area contributed by atoms with Gasteiger partial charge >= 0.3 is 0 Å². The van der Waals surface area contributed by atoms with Gasteiger partial charge < -0.3 is 15.5 Å². The molecular weight excluding hydrogens is 286 g/mol. The van der Waals surface area contributed by atoms with Crippen molar-refractivity contribution < 1.29 is 10.2 Å². The van der Waals surface area contributed by atoms with E-state index in [0.29, 0.717) is 11.4 Å². The minimum absolute atomic E-state index is 0.00980. The predicted octanol–water partition coefficient (Wildman–Crippen LogP) is 3.50. The highest BCUT2D eigenvalue weighted by molar-refractivity contribution is 6.30. The topological polar surface area (TPSA) is 52.5 Å². The molecule has 112 valence electrons. The fourth-order valence-corrected chi connectivity index (χ4v) is 2.39. The zero-order chi connectivity index (χ0) is 15.2. The Morgan fingerprint density at radius 3 is 2.05 bits per heavy atom. The lowest BCUT2D eigenvalue weighted by Crippen LogP contribution is -2.32. The Morgan fingerprint density at radius 1 is 1.00 bits per heavy atom. The molecule has 0 aliphatic heterocycles. The second-order valence-corrected chi connectivity index (χ2v) is 5.59. The van der Waals surface area contributed by atoms with Gasteiger partial charge in [-0.05, 0) is 48.7 Å². The lowest BCUT2D eigenvalue weighted by atomic mass is 9.97. The van der Waals surface area contributed by atoms with Gasteiger partial charge in [-0.1, -0.05) is 35.9 Å². The molecule has 0 amide bonds. The molecule has 0 saturated carbocycles. The molecule has 0 saturated heterocycles. The first-order chi connectivity index (χ1) is 10.1.